The van der Waals surface area contributed by atoms with Crippen molar-refractivity contribution in [3.8, 4) is 0 Å². The molecule has 0 bridgehead atoms. The van der Waals surface area contributed by atoms with E-state index >= 15 is 0 Å². The third kappa shape index (κ3) is 10.4. The summed E-state index contributed by atoms with van der Waals surface area (Å²) in [6.45, 7) is 1.99. The van der Waals surface area contributed by atoms with Crippen LogP contribution in [0.1, 0.15) is 51.9 Å². The molecule has 0 fully saturated rings. The van der Waals surface area contributed by atoms with E-state index in [1.165, 1.54) is 0 Å². The molecule has 2 atom stereocenters. The fourth-order valence-corrected chi connectivity index (χ4v) is 2.24. The fraction of sp³-hybridized carbons (Fsp3) is 1.00. The number of halogens is 4. The topological polar surface area (TPSA) is 63.6 Å². The van der Waals surface area contributed by atoms with Gasteiger partial charge in [-0.2, -0.15) is 21.6 Å². The highest BCUT2D eigenvalue weighted by Crippen LogP contribution is 2.28. The van der Waals surface area contributed by atoms with E-state index in [1.54, 1.807) is 0 Å². The smallest absolute Gasteiger partial charge is 0.264 e. The minimum atomic E-state index is -5.07. The van der Waals surface area contributed by atoms with Crippen molar-refractivity contribution in [1.82, 2.24) is 0 Å². The minimum absolute atomic E-state index is 0.0556. The second-order valence-corrected chi connectivity index (χ2v) is 5.64. The zero-order valence-electron chi connectivity index (χ0n) is 11.2. The van der Waals surface area contributed by atoms with E-state index in [9.17, 15) is 26.0 Å². The molecule has 0 heterocycles. The SMILES string of the molecule is CCCCCCCC(CC(F)C(F)(F)F)OS(=O)(=O)O. The molecule has 0 spiro atoms. The molecule has 0 amide bonds. The number of unbranched alkanes of at least 4 members (excludes halogenated alkanes) is 4. The predicted octanol–water partition coefficient (Wildman–Crippen LogP) is 3.83. The summed E-state index contributed by atoms with van der Waals surface area (Å²) in [7, 11) is -4.90. The van der Waals surface area contributed by atoms with E-state index in [1.807, 2.05) is 6.92 Å². The first-order chi connectivity index (χ1) is 9.06. The van der Waals surface area contributed by atoms with Gasteiger partial charge < -0.3 is 0 Å². The molecule has 0 saturated heterocycles. The van der Waals surface area contributed by atoms with Crippen LogP contribution in [0.2, 0.25) is 0 Å². The molecule has 0 aromatic rings. The number of hydrogen-bond donors (Lipinski definition) is 1. The summed E-state index contributed by atoms with van der Waals surface area (Å²) in [6, 6.07) is 0. The van der Waals surface area contributed by atoms with Crippen LogP contribution in [0.3, 0.4) is 0 Å². The van der Waals surface area contributed by atoms with Gasteiger partial charge in [-0.25, -0.2) is 8.57 Å². The van der Waals surface area contributed by atoms with Gasteiger partial charge in [-0.05, 0) is 6.42 Å². The Morgan fingerprint density at radius 2 is 1.70 bits per heavy atom. The molecule has 0 aromatic heterocycles. The predicted molar refractivity (Wildman–Crippen MR) is 65.4 cm³/mol. The van der Waals surface area contributed by atoms with Gasteiger partial charge in [0.2, 0.25) is 0 Å². The van der Waals surface area contributed by atoms with Crippen molar-refractivity contribution in [1.29, 1.82) is 0 Å². The Hall–Kier alpha value is -0.410. The van der Waals surface area contributed by atoms with Crippen LogP contribution in [-0.2, 0) is 14.6 Å². The molecular weight excluding hydrogens is 304 g/mol. The highest BCUT2D eigenvalue weighted by molar-refractivity contribution is 7.80. The molecule has 0 radical (unpaired) electrons. The molecule has 0 aliphatic heterocycles. The highest BCUT2D eigenvalue weighted by atomic mass is 32.3. The normalized spacial score (nSPS) is 16.1. The molecule has 1 N–H and O–H groups in total. The molecule has 122 valence electrons. The maximum Gasteiger partial charge on any atom is 0.419 e. The summed E-state index contributed by atoms with van der Waals surface area (Å²) in [6.07, 6.45) is -7.07. The van der Waals surface area contributed by atoms with E-state index in [2.05, 4.69) is 4.18 Å². The minimum Gasteiger partial charge on any atom is -0.264 e. The lowest BCUT2D eigenvalue weighted by atomic mass is 10.0. The Labute approximate surface area is 116 Å². The van der Waals surface area contributed by atoms with Gasteiger partial charge in [-0.1, -0.05) is 39.0 Å². The zero-order chi connectivity index (χ0) is 15.8. The van der Waals surface area contributed by atoms with Crippen molar-refractivity contribution in [2.45, 2.75) is 70.3 Å². The third-order valence-electron chi connectivity index (χ3n) is 2.71. The van der Waals surface area contributed by atoms with Crippen LogP contribution in [0.25, 0.3) is 0 Å². The summed E-state index contributed by atoms with van der Waals surface area (Å²) in [4.78, 5) is 0. The van der Waals surface area contributed by atoms with E-state index in [-0.39, 0.29) is 6.42 Å². The van der Waals surface area contributed by atoms with Crippen LogP contribution in [0.5, 0.6) is 0 Å². The monoisotopic (exact) mass is 324 g/mol. The largest absolute Gasteiger partial charge is 0.419 e. The van der Waals surface area contributed by atoms with Gasteiger partial charge in [0.25, 0.3) is 0 Å². The Kier molecular flexibility index (Phi) is 8.60. The summed E-state index contributed by atoms with van der Waals surface area (Å²) in [5.74, 6) is 0. The van der Waals surface area contributed by atoms with Crippen LogP contribution < -0.4 is 0 Å². The van der Waals surface area contributed by atoms with Crippen molar-refractivity contribution < 1.29 is 34.7 Å². The molecule has 0 saturated carbocycles. The lowest BCUT2D eigenvalue weighted by Gasteiger charge is -2.19. The lowest BCUT2D eigenvalue weighted by molar-refractivity contribution is -0.186. The maximum atomic E-state index is 12.9. The quantitative estimate of drug-likeness (QED) is 0.377. The van der Waals surface area contributed by atoms with E-state index in [4.69, 9.17) is 4.55 Å². The van der Waals surface area contributed by atoms with E-state index < -0.39 is 35.3 Å². The van der Waals surface area contributed by atoms with Crippen molar-refractivity contribution in [3.63, 3.8) is 0 Å². The Morgan fingerprint density at radius 3 is 2.15 bits per heavy atom. The van der Waals surface area contributed by atoms with Crippen molar-refractivity contribution in [2.24, 2.45) is 0 Å². The summed E-state index contributed by atoms with van der Waals surface area (Å²) in [5.41, 5.74) is 0. The number of alkyl halides is 4. The van der Waals surface area contributed by atoms with Gasteiger partial charge in [0, 0.05) is 6.42 Å². The molecular formula is C11H20F4O4S. The van der Waals surface area contributed by atoms with Gasteiger partial charge in [0.05, 0.1) is 6.10 Å². The van der Waals surface area contributed by atoms with Crippen molar-refractivity contribution in [2.75, 3.05) is 0 Å². The molecule has 0 aliphatic carbocycles. The molecule has 0 rings (SSSR count). The van der Waals surface area contributed by atoms with Gasteiger partial charge >= 0.3 is 16.6 Å². The second-order valence-electron chi connectivity index (χ2n) is 4.59. The van der Waals surface area contributed by atoms with Gasteiger partial charge in [-0.3, -0.25) is 4.55 Å². The average molecular weight is 324 g/mol. The van der Waals surface area contributed by atoms with Crippen molar-refractivity contribution in [3.05, 3.63) is 0 Å². The van der Waals surface area contributed by atoms with Crippen molar-refractivity contribution >= 4 is 10.4 Å². The Morgan fingerprint density at radius 1 is 1.15 bits per heavy atom. The molecule has 0 aliphatic rings. The van der Waals surface area contributed by atoms with Gasteiger partial charge in [0.1, 0.15) is 0 Å². The van der Waals surface area contributed by atoms with Crippen LogP contribution in [0.4, 0.5) is 17.6 Å². The molecule has 0 aromatic carbocycles. The second kappa shape index (κ2) is 8.78. The lowest BCUT2D eigenvalue weighted by Crippen LogP contribution is -2.31. The maximum absolute atomic E-state index is 12.9. The van der Waals surface area contributed by atoms with E-state index in [0.717, 1.165) is 19.3 Å². The third-order valence-corrected chi connectivity index (χ3v) is 3.23. The average Bonchev–Trinajstić information content (AvgIpc) is 2.25. The zero-order valence-corrected chi connectivity index (χ0v) is 12.0. The number of hydrogen-bond acceptors (Lipinski definition) is 3. The standard InChI is InChI=1S/C11H20F4O4S/c1-2-3-4-5-6-7-9(19-20(16,17)18)8-10(12)11(13,14)15/h9-10H,2-8H2,1H3,(H,16,17,18). The Bertz CT molecular complexity index is 356. The fourth-order valence-electron chi connectivity index (χ4n) is 1.72. The number of rotatable bonds is 10. The van der Waals surface area contributed by atoms with Crippen LogP contribution in [-0.4, -0.2) is 31.4 Å². The summed E-state index contributed by atoms with van der Waals surface area (Å²) >= 11 is 0. The molecule has 9 heteroatoms. The van der Waals surface area contributed by atoms with E-state index in [0.29, 0.717) is 12.8 Å². The molecule has 4 nitrogen and oxygen atoms in total. The van der Waals surface area contributed by atoms with Gasteiger partial charge in [0.15, 0.2) is 6.17 Å². The highest BCUT2D eigenvalue weighted by Gasteiger charge is 2.42. The van der Waals surface area contributed by atoms with Crippen LogP contribution in [0.15, 0.2) is 0 Å². The first kappa shape index (κ1) is 19.6. The molecule has 20 heavy (non-hydrogen) atoms. The van der Waals surface area contributed by atoms with Crippen LogP contribution >= 0.6 is 0 Å². The van der Waals surface area contributed by atoms with Crippen LogP contribution in [0, 0.1) is 0 Å². The summed E-state index contributed by atoms with van der Waals surface area (Å²) in [5, 5.41) is 0. The van der Waals surface area contributed by atoms with Gasteiger partial charge in [-0.15, -0.1) is 0 Å². The summed E-state index contributed by atoms with van der Waals surface area (Å²) < 4.78 is 82.8. The Balaban J connectivity index is 4.35. The molecule has 2 unspecified atom stereocenters. The first-order valence-electron chi connectivity index (χ1n) is 6.42. The first-order valence-corrected chi connectivity index (χ1v) is 7.79.